The highest BCUT2D eigenvalue weighted by Crippen LogP contribution is 2.31. The van der Waals surface area contributed by atoms with Gasteiger partial charge in [-0.05, 0) is 47.5 Å². The van der Waals surface area contributed by atoms with Crippen molar-refractivity contribution in [3.8, 4) is 0 Å². The highest BCUT2D eigenvalue weighted by Gasteiger charge is 2.19. The Hall–Kier alpha value is -0.630. The standard InChI is InChI=1S/C11H10BrClN2O2S2/c1-6-3-8(5-14-11(6)13)15-19(16,17)9-4-10(12)18-7(9)2/h3-5,15H,1-2H3. The number of sulfonamides is 1. The van der Waals surface area contributed by atoms with Crippen molar-refractivity contribution in [2.24, 2.45) is 0 Å². The van der Waals surface area contributed by atoms with Crippen LogP contribution in [0.2, 0.25) is 5.15 Å². The number of nitrogens with zero attached hydrogens (tertiary/aromatic N) is 1. The Kier molecular flexibility index (Phi) is 4.20. The van der Waals surface area contributed by atoms with E-state index in [9.17, 15) is 8.42 Å². The van der Waals surface area contributed by atoms with E-state index in [4.69, 9.17) is 11.6 Å². The van der Waals surface area contributed by atoms with Gasteiger partial charge in [0, 0.05) is 4.88 Å². The fraction of sp³-hybridized carbons (Fsp3) is 0.182. The van der Waals surface area contributed by atoms with Crippen molar-refractivity contribution in [1.82, 2.24) is 4.98 Å². The average Bonchev–Trinajstić information content (AvgIpc) is 2.63. The minimum atomic E-state index is -3.61. The molecule has 4 nitrogen and oxygen atoms in total. The molecule has 0 aliphatic carbocycles. The van der Waals surface area contributed by atoms with Crippen LogP contribution in [0.1, 0.15) is 10.4 Å². The van der Waals surface area contributed by atoms with Crippen LogP contribution in [0.3, 0.4) is 0 Å². The Labute approximate surface area is 129 Å². The maximum Gasteiger partial charge on any atom is 0.263 e. The Balaban J connectivity index is 2.36. The second-order valence-electron chi connectivity index (χ2n) is 3.91. The van der Waals surface area contributed by atoms with Crippen LogP contribution < -0.4 is 4.72 Å². The lowest BCUT2D eigenvalue weighted by Gasteiger charge is -2.08. The molecule has 19 heavy (non-hydrogen) atoms. The van der Waals surface area contributed by atoms with Gasteiger partial charge in [0.25, 0.3) is 10.0 Å². The number of anilines is 1. The van der Waals surface area contributed by atoms with E-state index in [0.717, 1.165) is 8.66 Å². The highest BCUT2D eigenvalue weighted by molar-refractivity contribution is 9.11. The fourth-order valence-electron chi connectivity index (χ4n) is 1.52. The van der Waals surface area contributed by atoms with Crippen molar-refractivity contribution in [3.05, 3.63) is 37.7 Å². The van der Waals surface area contributed by atoms with Crippen LogP contribution in [-0.2, 0) is 10.0 Å². The summed E-state index contributed by atoms with van der Waals surface area (Å²) in [7, 11) is -3.61. The summed E-state index contributed by atoms with van der Waals surface area (Å²) in [4.78, 5) is 4.90. The van der Waals surface area contributed by atoms with Gasteiger partial charge in [0.1, 0.15) is 10.0 Å². The Morgan fingerprint density at radius 2 is 2.05 bits per heavy atom. The SMILES string of the molecule is Cc1cc(NS(=O)(=O)c2cc(Br)sc2C)cnc1Cl. The molecule has 0 aromatic carbocycles. The maximum absolute atomic E-state index is 12.2. The monoisotopic (exact) mass is 380 g/mol. The number of halogens is 2. The molecule has 0 fully saturated rings. The number of hydrogen-bond acceptors (Lipinski definition) is 4. The van der Waals surface area contributed by atoms with Gasteiger partial charge in [-0.3, -0.25) is 4.72 Å². The largest absolute Gasteiger partial charge is 0.278 e. The first kappa shape index (κ1) is 14.8. The molecule has 0 spiro atoms. The van der Waals surface area contributed by atoms with Crippen molar-refractivity contribution in [2.45, 2.75) is 18.7 Å². The lowest BCUT2D eigenvalue weighted by Crippen LogP contribution is -2.13. The predicted molar refractivity (Wildman–Crippen MR) is 81.5 cm³/mol. The van der Waals surface area contributed by atoms with Crippen molar-refractivity contribution in [2.75, 3.05) is 4.72 Å². The van der Waals surface area contributed by atoms with Crippen molar-refractivity contribution < 1.29 is 8.42 Å². The number of thiophene rings is 1. The molecule has 2 aromatic heterocycles. The molecular formula is C11H10BrClN2O2S2. The molecule has 0 bridgehead atoms. The van der Waals surface area contributed by atoms with Gasteiger partial charge in [0.15, 0.2) is 0 Å². The van der Waals surface area contributed by atoms with E-state index < -0.39 is 10.0 Å². The summed E-state index contributed by atoms with van der Waals surface area (Å²) in [5, 5.41) is 0.359. The second-order valence-corrected chi connectivity index (χ2v) is 8.55. The molecule has 0 aliphatic rings. The molecule has 0 radical (unpaired) electrons. The van der Waals surface area contributed by atoms with Gasteiger partial charge < -0.3 is 0 Å². The molecule has 0 atom stereocenters. The Morgan fingerprint density at radius 1 is 1.37 bits per heavy atom. The minimum Gasteiger partial charge on any atom is -0.278 e. The molecule has 0 saturated heterocycles. The summed E-state index contributed by atoms with van der Waals surface area (Å²) in [6.45, 7) is 3.52. The molecule has 2 aromatic rings. The number of rotatable bonds is 3. The van der Waals surface area contributed by atoms with E-state index in [0.29, 0.717) is 16.4 Å². The molecule has 2 heterocycles. The summed E-state index contributed by atoms with van der Waals surface area (Å²) in [6.07, 6.45) is 1.39. The summed E-state index contributed by atoms with van der Waals surface area (Å²) in [5.74, 6) is 0. The van der Waals surface area contributed by atoms with E-state index in [2.05, 4.69) is 25.6 Å². The minimum absolute atomic E-state index is 0.261. The first-order valence-electron chi connectivity index (χ1n) is 5.20. The zero-order valence-electron chi connectivity index (χ0n) is 10.1. The molecule has 0 saturated carbocycles. The molecule has 102 valence electrons. The summed E-state index contributed by atoms with van der Waals surface area (Å²) in [5.41, 5.74) is 1.11. The van der Waals surface area contributed by atoms with E-state index in [-0.39, 0.29) is 4.90 Å². The molecule has 0 amide bonds. The van der Waals surface area contributed by atoms with Crippen LogP contribution >= 0.6 is 38.9 Å². The smallest absolute Gasteiger partial charge is 0.263 e. The lowest BCUT2D eigenvalue weighted by atomic mass is 10.3. The quantitative estimate of drug-likeness (QED) is 0.818. The van der Waals surface area contributed by atoms with Gasteiger partial charge in [-0.1, -0.05) is 11.6 Å². The van der Waals surface area contributed by atoms with E-state index in [1.54, 1.807) is 26.0 Å². The summed E-state index contributed by atoms with van der Waals surface area (Å²) >= 11 is 10.5. The topological polar surface area (TPSA) is 59.1 Å². The van der Waals surface area contributed by atoms with Crippen molar-refractivity contribution >= 4 is 54.6 Å². The Bertz CT molecular complexity index is 728. The summed E-state index contributed by atoms with van der Waals surface area (Å²) in [6, 6.07) is 3.22. The van der Waals surface area contributed by atoms with Gasteiger partial charge in [-0.15, -0.1) is 11.3 Å². The molecule has 2 rings (SSSR count). The third-order valence-corrected chi connectivity index (χ3v) is 5.98. The van der Waals surface area contributed by atoms with Gasteiger partial charge >= 0.3 is 0 Å². The fourth-order valence-corrected chi connectivity index (χ4v) is 5.07. The molecule has 8 heteroatoms. The van der Waals surface area contributed by atoms with Gasteiger partial charge in [0.05, 0.1) is 15.7 Å². The van der Waals surface area contributed by atoms with Crippen LogP contribution in [0.25, 0.3) is 0 Å². The predicted octanol–water partition coefficient (Wildman–Crippen LogP) is 3.98. The van der Waals surface area contributed by atoms with Gasteiger partial charge in [-0.2, -0.15) is 0 Å². The molecule has 0 aliphatic heterocycles. The molecule has 1 N–H and O–H groups in total. The van der Waals surface area contributed by atoms with E-state index >= 15 is 0 Å². The third kappa shape index (κ3) is 3.28. The number of hydrogen-bond donors (Lipinski definition) is 1. The van der Waals surface area contributed by atoms with Gasteiger partial charge in [0.2, 0.25) is 0 Å². The van der Waals surface area contributed by atoms with E-state index in [1.807, 2.05) is 0 Å². The van der Waals surface area contributed by atoms with E-state index in [1.165, 1.54) is 17.5 Å². The number of pyridine rings is 1. The molecule has 0 unspecified atom stereocenters. The summed E-state index contributed by atoms with van der Waals surface area (Å²) < 4.78 is 27.8. The van der Waals surface area contributed by atoms with Crippen molar-refractivity contribution in [1.29, 1.82) is 0 Å². The van der Waals surface area contributed by atoms with Crippen LogP contribution in [0.4, 0.5) is 5.69 Å². The maximum atomic E-state index is 12.2. The molecular weight excluding hydrogens is 372 g/mol. The van der Waals surface area contributed by atoms with Crippen LogP contribution in [0, 0.1) is 13.8 Å². The highest BCUT2D eigenvalue weighted by atomic mass is 79.9. The zero-order chi connectivity index (χ0) is 14.2. The normalized spacial score (nSPS) is 11.6. The second kappa shape index (κ2) is 5.40. The first-order chi connectivity index (χ1) is 8.79. The van der Waals surface area contributed by atoms with Crippen LogP contribution in [-0.4, -0.2) is 13.4 Å². The van der Waals surface area contributed by atoms with Crippen LogP contribution in [0.15, 0.2) is 27.0 Å². The Morgan fingerprint density at radius 3 is 2.58 bits per heavy atom. The van der Waals surface area contributed by atoms with Crippen molar-refractivity contribution in [3.63, 3.8) is 0 Å². The van der Waals surface area contributed by atoms with Crippen LogP contribution in [0.5, 0.6) is 0 Å². The number of nitrogens with one attached hydrogen (secondary N) is 1. The first-order valence-corrected chi connectivity index (χ1v) is 8.67. The number of aryl methyl sites for hydroxylation is 2. The number of aromatic nitrogens is 1. The average molecular weight is 382 g/mol. The van der Waals surface area contributed by atoms with Gasteiger partial charge in [-0.25, -0.2) is 13.4 Å². The lowest BCUT2D eigenvalue weighted by molar-refractivity contribution is 0.601. The zero-order valence-corrected chi connectivity index (χ0v) is 14.0. The third-order valence-electron chi connectivity index (χ3n) is 2.40.